The van der Waals surface area contributed by atoms with E-state index in [1.807, 2.05) is 25.1 Å². The summed E-state index contributed by atoms with van der Waals surface area (Å²) < 4.78 is 1.09. The summed E-state index contributed by atoms with van der Waals surface area (Å²) in [6, 6.07) is 5.26. The van der Waals surface area contributed by atoms with Crippen LogP contribution in [0.3, 0.4) is 0 Å². The Morgan fingerprint density at radius 1 is 1.41 bits per heavy atom. The maximum Gasteiger partial charge on any atom is 0.319 e. The van der Waals surface area contributed by atoms with Gasteiger partial charge in [-0.15, -0.1) is 0 Å². The average molecular weight is 348 g/mol. The molecule has 1 aromatic carbocycles. The summed E-state index contributed by atoms with van der Waals surface area (Å²) in [4.78, 5) is 21.7. The molecule has 5 nitrogen and oxygen atoms in total. The Labute approximate surface area is 113 Å². The van der Waals surface area contributed by atoms with Gasteiger partial charge in [-0.2, -0.15) is 0 Å². The first-order chi connectivity index (χ1) is 7.99. The van der Waals surface area contributed by atoms with E-state index in [1.54, 1.807) is 0 Å². The van der Waals surface area contributed by atoms with Crippen LogP contribution in [0.2, 0.25) is 0 Å². The summed E-state index contributed by atoms with van der Waals surface area (Å²) in [6.45, 7) is 2.01. The van der Waals surface area contributed by atoms with Gasteiger partial charge >= 0.3 is 12.0 Å². The van der Waals surface area contributed by atoms with E-state index in [0.717, 1.165) is 14.8 Å². The van der Waals surface area contributed by atoms with Gasteiger partial charge in [0.25, 0.3) is 0 Å². The number of aryl methyl sites for hydroxylation is 1. The summed E-state index contributed by atoms with van der Waals surface area (Å²) in [6.07, 6.45) is -0.0842. The van der Waals surface area contributed by atoms with Crippen molar-refractivity contribution in [1.82, 2.24) is 5.32 Å². The fourth-order valence-electron chi connectivity index (χ4n) is 1.22. The first-order valence-electron chi connectivity index (χ1n) is 5.02. The van der Waals surface area contributed by atoms with Gasteiger partial charge in [-0.05, 0) is 53.3 Å². The summed E-state index contributed by atoms with van der Waals surface area (Å²) in [5.41, 5.74) is 1.68. The topological polar surface area (TPSA) is 78.4 Å². The van der Waals surface area contributed by atoms with Crippen molar-refractivity contribution in [2.24, 2.45) is 0 Å². The maximum atomic E-state index is 11.4. The molecule has 0 radical (unpaired) electrons. The highest BCUT2D eigenvalue weighted by molar-refractivity contribution is 14.1. The Morgan fingerprint density at radius 2 is 2.12 bits per heavy atom. The van der Waals surface area contributed by atoms with Gasteiger partial charge in [0.15, 0.2) is 0 Å². The number of urea groups is 1. The molecule has 0 aliphatic carbocycles. The molecule has 0 atom stereocenters. The van der Waals surface area contributed by atoms with Gasteiger partial charge in [-0.25, -0.2) is 4.79 Å². The molecule has 92 valence electrons. The van der Waals surface area contributed by atoms with Crippen molar-refractivity contribution in [1.29, 1.82) is 0 Å². The number of nitrogens with one attached hydrogen (secondary N) is 2. The number of halogens is 1. The average Bonchev–Trinajstić information content (AvgIpc) is 2.21. The van der Waals surface area contributed by atoms with Crippen LogP contribution in [0.1, 0.15) is 12.0 Å². The third kappa shape index (κ3) is 5.03. The third-order valence-electron chi connectivity index (χ3n) is 2.06. The Hall–Kier alpha value is -1.31. The van der Waals surface area contributed by atoms with E-state index < -0.39 is 12.0 Å². The number of carboxylic acids is 1. The molecular formula is C11H13IN2O3. The minimum Gasteiger partial charge on any atom is -0.481 e. The van der Waals surface area contributed by atoms with E-state index in [1.165, 1.54) is 0 Å². The lowest BCUT2D eigenvalue weighted by Gasteiger charge is -2.09. The van der Waals surface area contributed by atoms with Gasteiger partial charge in [-0.1, -0.05) is 0 Å². The molecule has 0 spiro atoms. The van der Waals surface area contributed by atoms with Gasteiger partial charge in [0.05, 0.1) is 6.42 Å². The molecule has 1 aromatic rings. The van der Waals surface area contributed by atoms with Crippen LogP contribution in [0, 0.1) is 10.5 Å². The highest BCUT2D eigenvalue weighted by atomic mass is 127. The molecule has 0 aromatic heterocycles. The van der Waals surface area contributed by atoms with Gasteiger partial charge in [0.1, 0.15) is 0 Å². The highest BCUT2D eigenvalue weighted by Gasteiger charge is 2.05. The molecule has 2 amide bonds. The van der Waals surface area contributed by atoms with Gasteiger partial charge in [-0.3, -0.25) is 4.79 Å². The number of carbonyl (C=O) groups excluding carboxylic acids is 1. The number of benzene rings is 1. The number of carbonyl (C=O) groups is 2. The van der Waals surface area contributed by atoms with Crippen LogP contribution in [-0.2, 0) is 4.79 Å². The molecule has 0 fully saturated rings. The van der Waals surface area contributed by atoms with Gasteiger partial charge < -0.3 is 15.7 Å². The second-order valence-corrected chi connectivity index (χ2v) is 4.73. The minimum atomic E-state index is -0.934. The molecule has 0 unspecified atom stereocenters. The lowest BCUT2D eigenvalue weighted by atomic mass is 10.2. The summed E-state index contributed by atoms with van der Waals surface area (Å²) in [5, 5.41) is 13.6. The van der Waals surface area contributed by atoms with Crippen LogP contribution in [0.5, 0.6) is 0 Å². The van der Waals surface area contributed by atoms with Crippen LogP contribution in [0.25, 0.3) is 0 Å². The van der Waals surface area contributed by atoms with E-state index >= 15 is 0 Å². The quantitative estimate of drug-likeness (QED) is 0.730. The first-order valence-corrected chi connectivity index (χ1v) is 6.09. The normalized spacial score (nSPS) is 9.76. The number of carboxylic acid groups (broad SMARTS) is 1. The first kappa shape index (κ1) is 13.8. The smallest absolute Gasteiger partial charge is 0.319 e. The van der Waals surface area contributed by atoms with Gasteiger partial charge in [0.2, 0.25) is 0 Å². The zero-order chi connectivity index (χ0) is 12.8. The van der Waals surface area contributed by atoms with E-state index in [-0.39, 0.29) is 13.0 Å². The molecule has 0 saturated heterocycles. The minimum absolute atomic E-state index is 0.0842. The van der Waals surface area contributed by atoms with Crippen LogP contribution in [-0.4, -0.2) is 23.7 Å². The number of amides is 2. The van der Waals surface area contributed by atoms with Crippen LogP contribution < -0.4 is 10.6 Å². The molecule has 0 heterocycles. The molecule has 6 heteroatoms. The van der Waals surface area contributed by atoms with Crippen molar-refractivity contribution in [3.63, 3.8) is 0 Å². The Balaban J connectivity index is 2.48. The van der Waals surface area contributed by atoms with Crippen LogP contribution in [0.4, 0.5) is 10.5 Å². The van der Waals surface area contributed by atoms with Crippen molar-refractivity contribution in [3.05, 3.63) is 27.3 Å². The Kier molecular flexibility index (Phi) is 5.20. The second-order valence-electron chi connectivity index (χ2n) is 3.48. The summed E-state index contributed by atoms with van der Waals surface area (Å²) in [7, 11) is 0. The molecular weight excluding hydrogens is 335 g/mol. The summed E-state index contributed by atoms with van der Waals surface area (Å²) >= 11 is 2.19. The zero-order valence-corrected chi connectivity index (χ0v) is 11.4. The molecule has 17 heavy (non-hydrogen) atoms. The lowest BCUT2D eigenvalue weighted by molar-refractivity contribution is -0.136. The highest BCUT2D eigenvalue weighted by Crippen LogP contribution is 2.17. The molecule has 0 saturated carbocycles. The fraction of sp³-hybridized carbons (Fsp3) is 0.273. The molecule has 0 aliphatic rings. The van der Waals surface area contributed by atoms with Gasteiger partial charge in [0, 0.05) is 15.8 Å². The standard InChI is InChI=1S/C11H13IN2O3/c1-7-6-8(12)2-3-9(7)14-11(17)13-5-4-10(15)16/h2-3,6H,4-5H2,1H3,(H,15,16)(H2,13,14,17). The maximum absolute atomic E-state index is 11.4. The Bertz CT molecular complexity index is 435. The third-order valence-corrected chi connectivity index (χ3v) is 2.73. The van der Waals surface area contributed by atoms with Crippen molar-refractivity contribution in [2.45, 2.75) is 13.3 Å². The number of hydrogen-bond donors (Lipinski definition) is 3. The molecule has 0 bridgehead atoms. The van der Waals surface area contributed by atoms with Crippen LogP contribution >= 0.6 is 22.6 Å². The second kappa shape index (κ2) is 6.43. The fourth-order valence-corrected chi connectivity index (χ4v) is 1.86. The number of anilines is 1. The molecule has 1 rings (SSSR count). The van der Waals surface area contributed by atoms with E-state index in [4.69, 9.17) is 5.11 Å². The van der Waals surface area contributed by atoms with Crippen molar-refractivity contribution < 1.29 is 14.7 Å². The largest absolute Gasteiger partial charge is 0.481 e. The predicted molar refractivity (Wildman–Crippen MR) is 73.2 cm³/mol. The predicted octanol–water partition coefficient (Wildman–Crippen LogP) is 2.20. The van der Waals surface area contributed by atoms with Crippen molar-refractivity contribution in [3.8, 4) is 0 Å². The Morgan fingerprint density at radius 3 is 2.71 bits per heavy atom. The number of aliphatic carboxylic acids is 1. The number of hydrogen-bond acceptors (Lipinski definition) is 2. The lowest BCUT2D eigenvalue weighted by Crippen LogP contribution is -2.30. The summed E-state index contributed by atoms with van der Waals surface area (Å²) in [5.74, 6) is -0.934. The van der Waals surface area contributed by atoms with Crippen LogP contribution in [0.15, 0.2) is 18.2 Å². The van der Waals surface area contributed by atoms with E-state index in [9.17, 15) is 9.59 Å². The van der Waals surface area contributed by atoms with Crippen molar-refractivity contribution in [2.75, 3.05) is 11.9 Å². The monoisotopic (exact) mass is 348 g/mol. The number of rotatable bonds is 4. The van der Waals surface area contributed by atoms with Crippen molar-refractivity contribution >= 4 is 40.3 Å². The van der Waals surface area contributed by atoms with E-state index in [0.29, 0.717) is 0 Å². The zero-order valence-electron chi connectivity index (χ0n) is 9.29. The SMILES string of the molecule is Cc1cc(I)ccc1NC(=O)NCCC(=O)O. The van der Waals surface area contributed by atoms with E-state index in [2.05, 4.69) is 33.2 Å². The molecule has 0 aliphatic heterocycles. The molecule has 3 N–H and O–H groups in total.